The van der Waals surface area contributed by atoms with Gasteiger partial charge in [-0.2, -0.15) is 0 Å². The number of amides is 1. The molecule has 1 aliphatic rings. The zero-order chi connectivity index (χ0) is 24.3. The van der Waals surface area contributed by atoms with E-state index in [9.17, 15) is 19.8 Å². The SMILES string of the molecule is CCN(CC)CCCN1C(=O)C(=O)C(=C(O)c2cc(C)c(C)cc2O)[C@H]1c1ccc(C)cc1. The molecule has 6 nitrogen and oxygen atoms in total. The second kappa shape index (κ2) is 10.2. The summed E-state index contributed by atoms with van der Waals surface area (Å²) in [6, 6.07) is 10.1. The van der Waals surface area contributed by atoms with Gasteiger partial charge < -0.3 is 20.0 Å². The van der Waals surface area contributed by atoms with Crippen molar-refractivity contribution in [2.45, 2.75) is 47.1 Å². The second-order valence-electron chi connectivity index (χ2n) is 8.74. The van der Waals surface area contributed by atoms with Crippen LogP contribution < -0.4 is 0 Å². The zero-order valence-electron chi connectivity index (χ0n) is 20.2. The number of carbonyl (C=O) groups is 2. The average molecular weight is 451 g/mol. The zero-order valence-corrected chi connectivity index (χ0v) is 20.2. The minimum absolute atomic E-state index is 0.0187. The lowest BCUT2D eigenvalue weighted by molar-refractivity contribution is -0.140. The molecule has 6 heteroatoms. The quantitative estimate of drug-likeness (QED) is 0.352. The summed E-state index contributed by atoms with van der Waals surface area (Å²) in [5, 5.41) is 21.7. The van der Waals surface area contributed by atoms with Crippen molar-refractivity contribution in [1.29, 1.82) is 0 Å². The van der Waals surface area contributed by atoms with Crippen molar-refractivity contribution >= 4 is 17.4 Å². The third-order valence-corrected chi connectivity index (χ3v) is 6.57. The Balaban J connectivity index is 2.08. The number of aliphatic hydroxyl groups is 1. The van der Waals surface area contributed by atoms with Crippen molar-refractivity contribution in [3.63, 3.8) is 0 Å². The summed E-state index contributed by atoms with van der Waals surface area (Å²) < 4.78 is 0. The van der Waals surface area contributed by atoms with Gasteiger partial charge in [-0.15, -0.1) is 0 Å². The molecule has 1 amide bonds. The van der Waals surface area contributed by atoms with Gasteiger partial charge in [-0.05, 0) is 75.6 Å². The van der Waals surface area contributed by atoms with Crippen molar-refractivity contribution in [3.05, 3.63) is 69.8 Å². The van der Waals surface area contributed by atoms with Gasteiger partial charge in [0.2, 0.25) is 0 Å². The van der Waals surface area contributed by atoms with E-state index in [4.69, 9.17) is 0 Å². The smallest absolute Gasteiger partial charge is 0.295 e. The van der Waals surface area contributed by atoms with E-state index < -0.39 is 17.7 Å². The Bertz CT molecular complexity index is 1070. The molecule has 1 atom stereocenters. The summed E-state index contributed by atoms with van der Waals surface area (Å²) in [5.74, 6) is -1.81. The Labute approximate surface area is 196 Å². The van der Waals surface area contributed by atoms with Crippen molar-refractivity contribution < 1.29 is 19.8 Å². The molecular weight excluding hydrogens is 416 g/mol. The van der Waals surface area contributed by atoms with Crippen molar-refractivity contribution in [2.75, 3.05) is 26.2 Å². The summed E-state index contributed by atoms with van der Waals surface area (Å²) in [6.07, 6.45) is 0.714. The van der Waals surface area contributed by atoms with Crippen LogP contribution in [-0.2, 0) is 9.59 Å². The largest absolute Gasteiger partial charge is 0.507 e. The van der Waals surface area contributed by atoms with Gasteiger partial charge in [-0.25, -0.2) is 0 Å². The molecule has 2 N–H and O–H groups in total. The third kappa shape index (κ3) is 4.96. The number of ketones is 1. The number of hydrogen-bond donors (Lipinski definition) is 2. The molecule has 176 valence electrons. The molecule has 0 radical (unpaired) electrons. The monoisotopic (exact) mass is 450 g/mol. The highest BCUT2D eigenvalue weighted by Crippen LogP contribution is 2.41. The fourth-order valence-corrected chi connectivity index (χ4v) is 4.35. The topological polar surface area (TPSA) is 81.1 Å². The van der Waals surface area contributed by atoms with Crippen LogP contribution in [0.3, 0.4) is 0 Å². The van der Waals surface area contributed by atoms with Crippen LogP contribution >= 0.6 is 0 Å². The van der Waals surface area contributed by atoms with E-state index in [2.05, 4.69) is 18.7 Å². The van der Waals surface area contributed by atoms with Gasteiger partial charge in [0, 0.05) is 6.54 Å². The molecule has 0 unspecified atom stereocenters. The lowest BCUT2D eigenvalue weighted by Gasteiger charge is -2.27. The van der Waals surface area contributed by atoms with E-state index in [0.29, 0.717) is 13.0 Å². The Morgan fingerprint density at radius 2 is 1.61 bits per heavy atom. The molecule has 0 aliphatic carbocycles. The van der Waals surface area contributed by atoms with E-state index in [0.717, 1.165) is 41.9 Å². The maximum atomic E-state index is 13.2. The van der Waals surface area contributed by atoms with Gasteiger partial charge in [0.1, 0.15) is 11.5 Å². The average Bonchev–Trinajstić information content (AvgIpc) is 3.04. The fourth-order valence-electron chi connectivity index (χ4n) is 4.35. The van der Waals surface area contributed by atoms with Gasteiger partial charge in [0.05, 0.1) is 17.2 Å². The van der Waals surface area contributed by atoms with E-state index >= 15 is 0 Å². The minimum Gasteiger partial charge on any atom is -0.507 e. The first kappa shape index (κ1) is 24.5. The number of benzene rings is 2. The molecule has 2 aromatic carbocycles. The summed E-state index contributed by atoms with van der Waals surface area (Å²) >= 11 is 0. The van der Waals surface area contributed by atoms with Crippen LogP contribution in [0.1, 0.15) is 54.1 Å². The van der Waals surface area contributed by atoms with E-state index in [1.807, 2.05) is 45.0 Å². The van der Waals surface area contributed by atoms with Gasteiger partial charge in [-0.1, -0.05) is 43.7 Å². The Morgan fingerprint density at radius 3 is 2.21 bits per heavy atom. The number of aryl methyl sites for hydroxylation is 3. The Kier molecular flexibility index (Phi) is 7.59. The standard InChI is InChI=1S/C27H34N2O4/c1-6-28(7-2)13-8-14-29-24(20-11-9-17(3)10-12-20)23(26(32)27(29)33)25(31)21-15-18(4)19(5)16-22(21)30/h9-12,15-16,24,30-31H,6-8,13-14H2,1-5H3/t24-/m1/s1. The lowest BCUT2D eigenvalue weighted by Crippen LogP contribution is -2.33. The Morgan fingerprint density at radius 1 is 1.00 bits per heavy atom. The number of likely N-dealkylation sites (tertiary alicyclic amines) is 1. The highest BCUT2D eigenvalue weighted by atomic mass is 16.3. The fraction of sp³-hybridized carbons (Fsp3) is 0.407. The summed E-state index contributed by atoms with van der Waals surface area (Å²) in [5.41, 5.74) is 3.74. The molecule has 3 rings (SSSR count). The minimum atomic E-state index is -0.724. The molecule has 1 heterocycles. The Hall–Kier alpha value is -3.12. The second-order valence-corrected chi connectivity index (χ2v) is 8.74. The number of phenolic OH excluding ortho intramolecular Hbond substituents is 1. The molecule has 0 saturated carbocycles. The van der Waals surface area contributed by atoms with Gasteiger partial charge in [0.15, 0.2) is 0 Å². The predicted octanol–water partition coefficient (Wildman–Crippen LogP) is 4.47. The molecule has 1 aliphatic heterocycles. The normalized spacial score (nSPS) is 17.9. The number of carbonyl (C=O) groups excluding carboxylic acids is 2. The van der Waals surface area contributed by atoms with Gasteiger partial charge in [-0.3, -0.25) is 9.59 Å². The number of rotatable bonds is 8. The van der Waals surface area contributed by atoms with Crippen LogP contribution in [0, 0.1) is 20.8 Å². The predicted molar refractivity (Wildman–Crippen MR) is 130 cm³/mol. The number of nitrogens with zero attached hydrogens (tertiary/aromatic N) is 2. The summed E-state index contributed by atoms with van der Waals surface area (Å²) in [4.78, 5) is 30.1. The maximum absolute atomic E-state index is 13.2. The van der Waals surface area contributed by atoms with Crippen molar-refractivity contribution in [2.24, 2.45) is 0 Å². The summed E-state index contributed by atoms with van der Waals surface area (Å²) in [6.45, 7) is 12.9. The number of aromatic hydroxyl groups is 1. The van der Waals surface area contributed by atoms with E-state index in [1.54, 1.807) is 17.0 Å². The maximum Gasteiger partial charge on any atom is 0.295 e. The number of aliphatic hydroxyl groups excluding tert-OH is 1. The molecule has 1 saturated heterocycles. The van der Waals surface area contributed by atoms with Crippen LogP contribution in [0.25, 0.3) is 5.76 Å². The first-order valence-corrected chi connectivity index (χ1v) is 11.6. The molecule has 0 aromatic heterocycles. The molecule has 2 aromatic rings. The first-order valence-electron chi connectivity index (χ1n) is 11.6. The van der Waals surface area contributed by atoms with Crippen LogP contribution in [0.4, 0.5) is 0 Å². The molecule has 0 spiro atoms. The summed E-state index contributed by atoms with van der Waals surface area (Å²) in [7, 11) is 0. The molecular formula is C27H34N2O4. The van der Waals surface area contributed by atoms with Crippen LogP contribution in [0.2, 0.25) is 0 Å². The lowest BCUT2D eigenvalue weighted by atomic mass is 9.93. The number of phenols is 1. The van der Waals surface area contributed by atoms with Crippen molar-refractivity contribution in [1.82, 2.24) is 9.80 Å². The molecule has 33 heavy (non-hydrogen) atoms. The van der Waals surface area contributed by atoms with Gasteiger partial charge >= 0.3 is 0 Å². The van der Waals surface area contributed by atoms with Crippen LogP contribution in [-0.4, -0.2) is 57.9 Å². The van der Waals surface area contributed by atoms with Crippen molar-refractivity contribution in [3.8, 4) is 5.75 Å². The van der Waals surface area contributed by atoms with E-state index in [1.165, 1.54) is 0 Å². The number of hydrogen-bond acceptors (Lipinski definition) is 5. The van der Waals surface area contributed by atoms with Crippen LogP contribution in [0.15, 0.2) is 42.0 Å². The highest BCUT2D eigenvalue weighted by molar-refractivity contribution is 6.46. The third-order valence-electron chi connectivity index (χ3n) is 6.57. The van der Waals surface area contributed by atoms with Gasteiger partial charge in [0.25, 0.3) is 11.7 Å². The highest BCUT2D eigenvalue weighted by Gasteiger charge is 2.46. The number of Topliss-reactive ketones (excluding diaryl/α,β-unsaturated/α-hetero) is 1. The molecule has 0 bridgehead atoms. The van der Waals surface area contributed by atoms with Crippen LogP contribution in [0.5, 0.6) is 5.75 Å². The van der Waals surface area contributed by atoms with E-state index in [-0.39, 0.29) is 22.6 Å². The molecule has 1 fully saturated rings. The first-order chi connectivity index (χ1) is 15.7.